The van der Waals surface area contributed by atoms with Crippen molar-refractivity contribution < 1.29 is 26.4 Å². The minimum absolute atomic E-state index is 0.107. The summed E-state index contributed by atoms with van der Waals surface area (Å²) in [6.45, 7) is 0.113. The largest absolute Gasteiger partial charge is 0.331 e. The van der Waals surface area contributed by atoms with Gasteiger partial charge in [0.25, 0.3) is 15.9 Å². The Morgan fingerprint density at radius 3 is 2.71 bits per heavy atom. The Labute approximate surface area is 135 Å². The summed E-state index contributed by atoms with van der Waals surface area (Å²) < 4.78 is 66.6. The van der Waals surface area contributed by atoms with Gasteiger partial charge in [0.2, 0.25) is 0 Å². The van der Waals surface area contributed by atoms with Gasteiger partial charge in [-0.1, -0.05) is 0 Å². The number of sulfonamides is 1. The molecule has 0 saturated carbocycles. The number of amidine groups is 1. The molecule has 2 heterocycles. The van der Waals surface area contributed by atoms with E-state index in [1.54, 1.807) is 6.20 Å². The van der Waals surface area contributed by atoms with Crippen LogP contribution in [0.15, 0.2) is 40.5 Å². The van der Waals surface area contributed by atoms with E-state index in [0.717, 1.165) is 6.07 Å². The Kier molecular flexibility index (Phi) is 3.91. The molecule has 0 radical (unpaired) electrons. The number of carbonyl (C=O) groups excluding carboxylic acids is 1. The molecule has 1 aromatic rings. The number of hydrogen-bond donors (Lipinski definition) is 1. The number of hydrogen-bond acceptors (Lipinski definition) is 4. The fourth-order valence-electron chi connectivity index (χ4n) is 2.21. The molecule has 6 nitrogen and oxygen atoms in total. The van der Waals surface area contributed by atoms with Crippen LogP contribution in [-0.4, -0.2) is 37.4 Å². The van der Waals surface area contributed by atoms with Crippen molar-refractivity contribution in [1.29, 1.82) is 0 Å². The molecule has 0 aliphatic carbocycles. The second-order valence-electron chi connectivity index (χ2n) is 4.99. The third-order valence-electron chi connectivity index (χ3n) is 3.39. The van der Waals surface area contributed by atoms with Crippen LogP contribution in [-0.2, 0) is 14.8 Å². The van der Waals surface area contributed by atoms with E-state index in [2.05, 4.69) is 9.71 Å². The molecule has 10 heteroatoms. The van der Waals surface area contributed by atoms with E-state index in [1.807, 2.05) is 0 Å². The van der Waals surface area contributed by atoms with Crippen LogP contribution in [0.25, 0.3) is 0 Å². The maximum absolute atomic E-state index is 13.6. The average molecular weight is 357 g/mol. The van der Waals surface area contributed by atoms with E-state index in [-0.39, 0.29) is 23.7 Å². The molecule has 2 aliphatic rings. The van der Waals surface area contributed by atoms with E-state index in [1.165, 1.54) is 17.1 Å². The topological polar surface area (TPSA) is 78.8 Å². The van der Waals surface area contributed by atoms with Gasteiger partial charge in [0.1, 0.15) is 0 Å². The second-order valence-corrected chi connectivity index (χ2v) is 6.75. The lowest BCUT2D eigenvalue weighted by Crippen LogP contribution is -2.40. The lowest BCUT2D eigenvalue weighted by atomic mass is 10.1. The van der Waals surface area contributed by atoms with Crippen molar-refractivity contribution in [2.75, 3.05) is 17.6 Å². The van der Waals surface area contributed by atoms with Gasteiger partial charge in [0, 0.05) is 12.7 Å². The van der Waals surface area contributed by atoms with Crippen molar-refractivity contribution in [2.45, 2.75) is 0 Å². The number of halogens is 3. The zero-order valence-electron chi connectivity index (χ0n) is 12.0. The van der Waals surface area contributed by atoms with Crippen molar-refractivity contribution in [2.24, 2.45) is 4.40 Å². The van der Waals surface area contributed by atoms with Crippen LogP contribution < -0.4 is 5.32 Å². The van der Waals surface area contributed by atoms with Crippen molar-refractivity contribution in [3.05, 3.63) is 53.5 Å². The molecular weight excluding hydrogens is 347 g/mol. The number of anilines is 1. The van der Waals surface area contributed by atoms with Gasteiger partial charge in [0.15, 0.2) is 23.3 Å². The molecular formula is C14H10F3N3O3S. The molecule has 126 valence electrons. The van der Waals surface area contributed by atoms with Crippen molar-refractivity contribution >= 4 is 27.5 Å². The molecule has 3 rings (SSSR count). The monoisotopic (exact) mass is 357 g/mol. The molecule has 0 unspecified atom stereocenters. The predicted octanol–water partition coefficient (Wildman–Crippen LogP) is 1.54. The average Bonchev–Trinajstić information content (AvgIpc) is 2.54. The molecule has 1 N–H and O–H groups in total. The molecule has 24 heavy (non-hydrogen) atoms. The van der Waals surface area contributed by atoms with Gasteiger partial charge in [-0.15, -0.1) is 4.40 Å². The van der Waals surface area contributed by atoms with Gasteiger partial charge < -0.3 is 10.2 Å². The Morgan fingerprint density at radius 2 is 1.96 bits per heavy atom. The van der Waals surface area contributed by atoms with E-state index < -0.39 is 39.1 Å². The smallest absolute Gasteiger partial charge is 0.259 e. The lowest BCUT2D eigenvalue weighted by Gasteiger charge is -2.28. The number of benzene rings is 1. The maximum atomic E-state index is 13.6. The minimum atomic E-state index is -3.71. The first kappa shape index (κ1) is 16.2. The van der Waals surface area contributed by atoms with E-state index in [9.17, 15) is 26.4 Å². The first-order valence-corrected chi connectivity index (χ1v) is 8.32. The number of nitrogens with one attached hydrogen (secondary N) is 1. The van der Waals surface area contributed by atoms with Gasteiger partial charge >= 0.3 is 0 Å². The second kappa shape index (κ2) is 5.78. The molecule has 2 aliphatic heterocycles. The molecule has 0 saturated heterocycles. The Balaban J connectivity index is 1.93. The van der Waals surface area contributed by atoms with Gasteiger partial charge in [-0.3, -0.25) is 4.79 Å². The van der Waals surface area contributed by atoms with Crippen LogP contribution in [0.5, 0.6) is 0 Å². The minimum Gasteiger partial charge on any atom is -0.331 e. The fraction of sp³-hybridized carbons (Fsp3) is 0.143. The number of rotatable bonds is 2. The number of nitrogens with zero attached hydrogens (tertiary/aromatic N) is 2. The highest BCUT2D eigenvalue weighted by Crippen LogP contribution is 2.22. The highest BCUT2D eigenvalue weighted by atomic mass is 32.2. The molecule has 0 spiro atoms. The van der Waals surface area contributed by atoms with Gasteiger partial charge in [-0.05, 0) is 24.3 Å². The summed E-state index contributed by atoms with van der Waals surface area (Å²) in [4.78, 5) is 13.7. The van der Waals surface area contributed by atoms with Crippen LogP contribution in [0, 0.1) is 17.5 Å². The molecule has 1 aromatic carbocycles. The van der Waals surface area contributed by atoms with Crippen molar-refractivity contribution in [3.63, 3.8) is 0 Å². The molecule has 0 bridgehead atoms. The zero-order valence-corrected chi connectivity index (χ0v) is 12.8. The van der Waals surface area contributed by atoms with Crippen LogP contribution in [0.4, 0.5) is 18.9 Å². The predicted molar refractivity (Wildman–Crippen MR) is 80.1 cm³/mol. The first-order valence-electron chi connectivity index (χ1n) is 6.71. The highest BCUT2D eigenvalue weighted by molar-refractivity contribution is 7.90. The highest BCUT2D eigenvalue weighted by Gasteiger charge is 2.30. The summed E-state index contributed by atoms with van der Waals surface area (Å²) in [6.07, 6.45) is 4.33. The summed E-state index contributed by atoms with van der Waals surface area (Å²) >= 11 is 0. The summed E-state index contributed by atoms with van der Waals surface area (Å²) in [5.41, 5.74) is -0.704. The lowest BCUT2D eigenvalue weighted by molar-refractivity contribution is -0.112. The third kappa shape index (κ3) is 2.92. The van der Waals surface area contributed by atoms with Crippen LogP contribution >= 0.6 is 0 Å². The Bertz CT molecular complexity index is 923. The zero-order chi connectivity index (χ0) is 17.5. The number of allylic oxidation sites excluding steroid dienone is 2. The van der Waals surface area contributed by atoms with Gasteiger partial charge in [-0.2, -0.15) is 0 Å². The van der Waals surface area contributed by atoms with E-state index in [4.69, 9.17) is 0 Å². The van der Waals surface area contributed by atoms with Crippen LogP contribution in [0.3, 0.4) is 0 Å². The molecule has 0 aromatic heterocycles. The number of fused-ring (bicyclic) bond motifs is 1. The van der Waals surface area contributed by atoms with Crippen molar-refractivity contribution in [3.8, 4) is 0 Å². The Hall–Kier alpha value is -2.62. The van der Waals surface area contributed by atoms with E-state index >= 15 is 0 Å². The summed E-state index contributed by atoms with van der Waals surface area (Å²) in [5, 5.41) is 2.08. The van der Waals surface area contributed by atoms with Gasteiger partial charge in [-0.25, -0.2) is 21.6 Å². The summed E-state index contributed by atoms with van der Waals surface area (Å²) in [5.74, 6) is -5.86. The molecule has 0 fully saturated rings. The van der Waals surface area contributed by atoms with Crippen LogP contribution in [0.1, 0.15) is 0 Å². The molecule has 1 amide bonds. The summed E-state index contributed by atoms with van der Waals surface area (Å²) in [6, 6.07) is 1.53. The van der Waals surface area contributed by atoms with Crippen molar-refractivity contribution in [1.82, 2.24) is 4.90 Å². The summed E-state index contributed by atoms with van der Waals surface area (Å²) in [7, 11) is -3.71. The number of amides is 1. The maximum Gasteiger partial charge on any atom is 0.259 e. The molecule has 0 atom stereocenters. The van der Waals surface area contributed by atoms with Gasteiger partial charge in [0.05, 0.1) is 17.0 Å². The normalized spacial score (nSPS) is 18.5. The Morgan fingerprint density at radius 1 is 1.21 bits per heavy atom. The number of carbonyl (C=O) groups is 1. The SMILES string of the molecule is O=C(Nc1ccc(F)c(F)c1F)C1=CC=CN2CCS(=O)(=O)N=C12. The van der Waals surface area contributed by atoms with Crippen LogP contribution in [0.2, 0.25) is 0 Å². The fourth-order valence-corrected chi connectivity index (χ4v) is 3.19. The quantitative estimate of drug-likeness (QED) is 0.815. The van der Waals surface area contributed by atoms with E-state index in [0.29, 0.717) is 6.07 Å². The standard InChI is InChI=1S/C14H10F3N3O3S/c15-9-3-4-10(12(17)11(9)16)18-14(21)8-2-1-5-20-6-7-24(22,23)19-13(8)20/h1-5H,6-7H2,(H,18,21). The first-order chi connectivity index (χ1) is 11.3. The third-order valence-corrected chi connectivity index (χ3v) is 4.54.